The van der Waals surface area contributed by atoms with Crippen molar-refractivity contribution in [1.29, 1.82) is 0 Å². The van der Waals surface area contributed by atoms with E-state index in [1.807, 2.05) is 0 Å². The van der Waals surface area contributed by atoms with Gasteiger partial charge in [-0.2, -0.15) is 0 Å². The standard InChI is InChI=1S/C6H7N/c1-6-4-2-3-5-7-6/h2-5H,1H3/i1D3,2D,3D,4D,5D. The normalized spacial score (nSPS) is 24.9. The van der Waals surface area contributed by atoms with E-state index in [2.05, 4.69) is 4.98 Å². The van der Waals surface area contributed by atoms with Crippen LogP contribution in [0.15, 0.2) is 24.3 Å². The molecular weight excluding hydrogens is 86.1 g/mol. The number of hydrogen-bond acceptors (Lipinski definition) is 1. The summed E-state index contributed by atoms with van der Waals surface area (Å²) in [7, 11) is 0. The first-order chi connectivity index (χ1) is 6.25. The number of pyridine rings is 1. The minimum atomic E-state index is -2.61. The van der Waals surface area contributed by atoms with Gasteiger partial charge in [0, 0.05) is 16.0 Å². The quantitative estimate of drug-likeness (QED) is 0.480. The molecule has 0 bridgehead atoms. The fourth-order valence-electron chi connectivity index (χ4n) is 0.230. The summed E-state index contributed by atoms with van der Waals surface area (Å²) in [6.45, 7) is -2.61. The van der Waals surface area contributed by atoms with Crippen LogP contribution in [0.2, 0.25) is 0 Å². The summed E-state index contributed by atoms with van der Waals surface area (Å²) in [5.41, 5.74) is -0.594. The van der Waals surface area contributed by atoms with E-state index >= 15 is 0 Å². The van der Waals surface area contributed by atoms with Gasteiger partial charge in [0.05, 0.1) is 5.48 Å². The Morgan fingerprint density at radius 3 is 3.71 bits per heavy atom. The second kappa shape index (κ2) is 1.73. The third-order valence-electron chi connectivity index (χ3n) is 0.467. The summed E-state index contributed by atoms with van der Waals surface area (Å²) in [5.74, 6) is 0. The number of hydrogen-bond donors (Lipinski definition) is 0. The minimum Gasteiger partial charge on any atom is -0.262 e. The zero-order valence-electron chi connectivity index (χ0n) is 10.4. The van der Waals surface area contributed by atoms with E-state index in [1.54, 1.807) is 0 Å². The van der Waals surface area contributed by atoms with Crippen molar-refractivity contribution < 1.29 is 9.60 Å². The molecule has 0 aliphatic heterocycles. The molecule has 0 atom stereocenters. The zero-order chi connectivity index (χ0) is 11.1. The molecule has 1 aromatic rings. The second-order valence-corrected chi connectivity index (χ2v) is 0.947. The summed E-state index contributed by atoms with van der Waals surface area (Å²) >= 11 is 0. The summed E-state index contributed by atoms with van der Waals surface area (Å²) < 4.78 is 49.8. The minimum absolute atomic E-state index is 0.525. The van der Waals surface area contributed by atoms with Gasteiger partial charge in [-0.15, -0.1) is 0 Å². The highest BCUT2D eigenvalue weighted by atomic mass is 14.6. The molecule has 0 unspecified atom stereocenters. The van der Waals surface area contributed by atoms with Gasteiger partial charge in [-0.05, 0) is 18.9 Å². The van der Waals surface area contributed by atoms with Gasteiger partial charge in [-0.3, -0.25) is 4.98 Å². The van der Waals surface area contributed by atoms with Crippen LogP contribution in [0.25, 0.3) is 0 Å². The van der Waals surface area contributed by atoms with Crippen molar-refractivity contribution in [2.45, 2.75) is 6.85 Å². The Bertz CT molecular complexity index is 369. The summed E-state index contributed by atoms with van der Waals surface area (Å²) in [6.07, 6.45) is -0.586. The maximum absolute atomic E-state index is 7.28. The molecule has 1 aromatic heterocycles. The molecule has 0 aliphatic carbocycles. The Kier molecular flexibility index (Phi) is 0.234. The summed E-state index contributed by atoms with van der Waals surface area (Å²) in [4.78, 5) is 3.31. The van der Waals surface area contributed by atoms with E-state index in [0.29, 0.717) is 0 Å². The second-order valence-electron chi connectivity index (χ2n) is 0.947. The molecule has 0 N–H and O–H groups in total. The molecule has 0 saturated carbocycles. The SMILES string of the molecule is [2H]c1nc(C([2H])([2H])[2H])c([2H])c([2H])c1[2H]. The first-order valence-electron chi connectivity index (χ1n) is 5.20. The van der Waals surface area contributed by atoms with Gasteiger partial charge in [0.25, 0.3) is 0 Å². The van der Waals surface area contributed by atoms with E-state index in [0.717, 1.165) is 0 Å². The van der Waals surface area contributed by atoms with Crippen LogP contribution in [-0.4, -0.2) is 4.98 Å². The lowest BCUT2D eigenvalue weighted by atomic mass is 10.4. The Morgan fingerprint density at radius 2 is 2.86 bits per heavy atom. The smallest absolute Gasteiger partial charge is 0.0840 e. The van der Waals surface area contributed by atoms with E-state index in [1.165, 1.54) is 0 Å². The largest absolute Gasteiger partial charge is 0.262 e. The van der Waals surface area contributed by atoms with Crippen molar-refractivity contribution in [3.05, 3.63) is 30.0 Å². The fraction of sp³-hybridized carbons (Fsp3) is 0.167. The highest BCUT2D eigenvalue weighted by Crippen LogP contribution is 1.85. The molecule has 0 radical (unpaired) electrons. The average Bonchev–Trinajstić information content (AvgIpc) is 2.06. The number of rotatable bonds is 0. The maximum Gasteiger partial charge on any atom is 0.0840 e. The molecule has 0 aliphatic rings. The highest BCUT2D eigenvalue weighted by molar-refractivity contribution is 4.99. The monoisotopic (exact) mass is 100 g/mol. The Balaban J connectivity index is 3.49. The molecule has 1 heterocycles. The van der Waals surface area contributed by atoms with Gasteiger partial charge >= 0.3 is 0 Å². The lowest BCUT2D eigenvalue weighted by Crippen LogP contribution is -1.72. The predicted molar refractivity (Wildman–Crippen MR) is 29.0 cm³/mol. The molecule has 0 amide bonds. The van der Waals surface area contributed by atoms with Gasteiger partial charge in [-0.25, -0.2) is 0 Å². The molecule has 1 rings (SSSR count). The third kappa shape index (κ3) is 1.000. The first kappa shape index (κ1) is 0.943. The molecule has 1 nitrogen and oxygen atoms in total. The van der Waals surface area contributed by atoms with Crippen molar-refractivity contribution in [1.82, 2.24) is 4.98 Å². The summed E-state index contributed by atoms with van der Waals surface area (Å²) in [6, 6.07) is -1.70. The van der Waals surface area contributed by atoms with Crippen molar-refractivity contribution in [2.24, 2.45) is 0 Å². The average molecular weight is 100 g/mol. The van der Waals surface area contributed by atoms with E-state index < -0.39 is 36.8 Å². The molecule has 1 heteroatoms. The van der Waals surface area contributed by atoms with E-state index in [9.17, 15) is 0 Å². The third-order valence-corrected chi connectivity index (χ3v) is 0.467. The van der Waals surface area contributed by atoms with Gasteiger partial charge in [0.1, 0.15) is 0 Å². The topological polar surface area (TPSA) is 12.9 Å². The van der Waals surface area contributed by atoms with Crippen LogP contribution in [0.1, 0.15) is 15.3 Å². The molecule has 0 aromatic carbocycles. The zero-order valence-corrected chi connectivity index (χ0v) is 3.45. The van der Waals surface area contributed by atoms with Crippen molar-refractivity contribution in [3.8, 4) is 0 Å². The van der Waals surface area contributed by atoms with Crippen LogP contribution in [0, 0.1) is 6.85 Å². The maximum atomic E-state index is 7.28. The fourth-order valence-corrected chi connectivity index (χ4v) is 0.230. The van der Waals surface area contributed by atoms with Crippen LogP contribution in [0.4, 0.5) is 0 Å². The Morgan fingerprint density at radius 1 is 1.86 bits per heavy atom. The Labute approximate surface area is 52.9 Å². The lowest BCUT2D eigenvalue weighted by Gasteiger charge is -1.82. The Hall–Kier alpha value is -0.850. The molecule has 0 saturated heterocycles. The number of aryl methyl sites for hydroxylation is 1. The molecular formula is C6H7N. The van der Waals surface area contributed by atoms with E-state index in [4.69, 9.17) is 9.60 Å². The summed E-state index contributed by atoms with van der Waals surface area (Å²) in [5, 5.41) is 0. The lowest BCUT2D eigenvalue weighted by molar-refractivity contribution is 1.20. The van der Waals surface area contributed by atoms with Crippen molar-refractivity contribution >= 4 is 0 Å². The van der Waals surface area contributed by atoms with Gasteiger partial charge in [0.2, 0.25) is 0 Å². The van der Waals surface area contributed by atoms with Crippen molar-refractivity contribution in [2.75, 3.05) is 0 Å². The number of nitrogens with zero attached hydrogens (tertiary/aromatic N) is 1. The van der Waals surface area contributed by atoms with Gasteiger partial charge in [0.15, 0.2) is 0 Å². The van der Waals surface area contributed by atoms with Crippen LogP contribution in [0.3, 0.4) is 0 Å². The van der Waals surface area contributed by atoms with Gasteiger partial charge in [-0.1, -0.05) is 6.04 Å². The van der Waals surface area contributed by atoms with Crippen LogP contribution >= 0.6 is 0 Å². The van der Waals surface area contributed by atoms with Gasteiger partial charge < -0.3 is 0 Å². The van der Waals surface area contributed by atoms with Crippen LogP contribution in [0.5, 0.6) is 0 Å². The highest BCUT2D eigenvalue weighted by Gasteiger charge is 1.73. The van der Waals surface area contributed by atoms with Crippen LogP contribution in [-0.2, 0) is 0 Å². The molecule has 7 heavy (non-hydrogen) atoms. The first-order valence-corrected chi connectivity index (χ1v) is 1.70. The number of aromatic nitrogens is 1. The molecule has 0 fully saturated rings. The molecule has 0 spiro atoms. The van der Waals surface area contributed by atoms with Crippen molar-refractivity contribution in [3.63, 3.8) is 0 Å². The molecule has 36 valence electrons. The van der Waals surface area contributed by atoms with Crippen LogP contribution < -0.4 is 0 Å². The predicted octanol–water partition coefficient (Wildman–Crippen LogP) is 1.39. The van der Waals surface area contributed by atoms with E-state index in [-0.39, 0.29) is 0 Å².